The van der Waals surface area contributed by atoms with Gasteiger partial charge in [0.1, 0.15) is 11.6 Å². The number of nitrogens with zero attached hydrogens (tertiary/aromatic N) is 2. The molecule has 2 aromatic rings. The molecule has 1 heterocycles. The summed E-state index contributed by atoms with van der Waals surface area (Å²) >= 11 is 0. The summed E-state index contributed by atoms with van der Waals surface area (Å²) in [6.07, 6.45) is 2.84. The Morgan fingerprint density at radius 3 is 2.95 bits per heavy atom. The molecule has 0 saturated heterocycles. The minimum atomic E-state index is -0.111. The lowest BCUT2D eigenvalue weighted by Gasteiger charge is -2.16. The highest BCUT2D eigenvalue weighted by Gasteiger charge is 2.21. The minimum absolute atomic E-state index is 0.111. The Hall–Kier alpha value is -2.43. The van der Waals surface area contributed by atoms with E-state index in [1.165, 1.54) is 6.92 Å². The molecule has 0 bridgehead atoms. The Morgan fingerprint density at radius 2 is 2.18 bits per heavy atom. The third kappa shape index (κ3) is 2.93. The molecule has 1 aromatic carbocycles. The normalized spacial score (nSPS) is 17.4. The topological polar surface area (TPSA) is 78.3 Å². The van der Waals surface area contributed by atoms with Gasteiger partial charge in [0.15, 0.2) is 5.78 Å². The van der Waals surface area contributed by atoms with E-state index in [4.69, 9.17) is 0 Å². The number of rotatable bonds is 4. The number of aromatic nitrogens is 2. The van der Waals surface area contributed by atoms with Crippen LogP contribution in [0.4, 0.5) is 0 Å². The number of hydrogen-bond donors (Lipinski definition) is 2. The third-order valence-corrected chi connectivity index (χ3v) is 3.85. The van der Waals surface area contributed by atoms with E-state index in [2.05, 4.69) is 15.0 Å². The minimum Gasteiger partial charge on any atom is -0.511 e. The van der Waals surface area contributed by atoms with Gasteiger partial charge in [-0.1, -0.05) is 12.1 Å². The van der Waals surface area contributed by atoms with Gasteiger partial charge in [-0.05, 0) is 31.9 Å². The van der Waals surface area contributed by atoms with Gasteiger partial charge in [0.25, 0.3) is 0 Å². The van der Waals surface area contributed by atoms with Crippen molar-refractivity contribution < 1.29 is 9.90 Å². The molecule has 114 valence electrons. The predicted molar refractivity (Wildman–Crippen MR) is 86.3 cm³/mol. The van der Waals surface area contributed by atoms with Crippen LogP contribution < -0.4 is 0 Å². The third-order valence-electron chi connectivity index (χ3n) is 3.85. The van der Waals surface area contributed by atoms with Gasteiger partial charge in [0, 0.05) is 25.1 Å². The largest absolute Gasteiger partial charge is 0.511 e. The van der Waals surface area contributed by atoms with E-state index in [9.17, 15) is 9.90 Å². The second-order valence-electron chi connectivity index (χ2n) is 5.51. The smallest absolute Gasteiger partial charge is 0.164 e. The second-order valence-corrected chi connectivity index (χ2v) is 5.51. The molecule has 0 fully saturated rings. The van der Waals surface area contributed by atoms with Crippen LogP contribution in [0, 0.1) is 0 Å². The lowest BCUT2D eigenvalue weighted by atomic mass is 9.93. The van der Waals surface area contributed by atoms with Gasteiger partial charge in [-0.15, -0.1) is 0 Å². The number of aliphatic imine (C=N–C) groups is 1. The summed E-state index contributed by atoms with van der Waals surface area (Å²) in [6.45, 7) is 2.03. The zero-order valence-corrected chi connectivity index (χ0v) is 12.6. The van der Waals surface area contributed by atoms with Gasteiger partial charge in [-0.2, -0.15) is 0 Å². The molecule has 0 amide bonds. The molecule has 22 heavy (non-hydrogen) atoms. The van der Waals surface area contributed by atoms with Crippen LogP contribution in [0.15, 0.2) is 40.6 Å². The molecular formula is C17H19N3O2. The van der Waals surface area contributed by atoms with Crippen molar-refractivity contribution in [2.24, 2.45) is 4.99 Å². The van der Waals surface area contributed by atoms with E-state index in [1.54, 1.807) is 0 Å². The van der Waals surface area contributed by atoms with E-state index in [-0.39, 0.29) is 11.5 Å². The van der Waals surface area contributed by atoms with Crippen LogP contribution in [0.3, 0.4) is 0 Å². The monoisotopic (exact) mass is 297 g/mol. The number of allylic oxidation sites excluding steroid dienone is 2. The first-order valence-corrected chi connectivity index (χ1v) is 7.55. The Kier molecular flexibility index (Phi) is 4.04. The zero-order valence-electron chi connectivity index (χ0n) is 12.6. The van der Waals surface area contributed by atoms with Gasteiger partial charge in [0.2, 0.25) is 0 Å². The van der Waals surface area contributed by atoms with Gasteiger partial charge in [-0.25, -0.2) is 4.98 Å². The first kappa shape index (κ1) is 14.5. The zero-order chi connectivity index (χ0) is 15.5. The summed E-state index contributed by atoms with van der Waals surface area (Å²) in [5, 5.41) is 9.88. The quantitative estimate of drug-likeness (QED) is 0.910. The van der Waals surface area contributed by atoms with Crippen molar-refractivity contribution in [3.05, 3.63) is 41.4 Å². The van der Waals surface area contributed by atoms with E-state index >= 15 is 0 Å². The molecule has 2 N–H and O–H groups in total. The molecule has 3 rings (SSSR count). The van der Waals surface area contributed by atoms with Gasteiger partial charge in [0.05, 0.1) is 16.6 Å². The lowest BCUT2D eigenvalue weighted by molar-refractivity contribution is -0.113. The number of benzene rings is 1. The first-order valence-electron chi connectivity index (χ1n) is 7.55. The standard InChI is InChI=1S/C17H19N3O2/c1-11(21)17-14(7-4-8-15(17)22)18-10-9-16-19-12-5-2-3-6-13(12)20-16/h2-3,5-6,22H,4,7-10H2,1H3,(H,19,20). The molecule has 1 aromatic heterocycles. The number of H-pyrrole nitrogens is 1. The van der Waals surface area contributed by atoms with Crippen LogP contribution in [0.2, 0.25) is 0 Å². The molecule has 0 aliphatic heterocycles. The molecule has 0 radical (unpaired) electrons. The predicted octanol–water partition coefficient (Wildman–Crippen LogP) is 3.13. The molecule has 0 atom stereocenters. The van der Waals surface area contributed by atoms with E-state index in [1.807, 2.05) is 24.3 Å². The highest BCUT2D eigenvalue weighted by molar-refractivity contribution is 6.22. The van der Waals surface area contributed by atoms with E-state index < -0.39 is 0 Å². The number of fused-ring (bicyclic) bond motifs is 1. The van der Waals surface area contributed by atoms with Gasteiger partial charge < -0.3 is 10.1 Å². The highest BCUT2D eigenvalue weighted by Crippen LogP contribution is 2.22. The van der Waals surface area contributed by atoms with E-state index in [0.717, 1.165) is 35.4 Å². The lowest BCUT2D eigenvalue weighted by Crippen LogP contribution is -2.18. The number of imidazole rings is 1. The van der Waals surface area contributed by atoms with Crippen molar-refractivity contribution in [3.63, 3.8) is 0 Å². The molecule has 1 aliphatic rings. The van der Waals surface area contributed by atoms with Crippen molar-refractivity contribution in [1.29, 1.82) is 0 Å². The van der Waals surface area contributed by atoms with Crippen molar-refractivity contribution >= 4 is 22.5 Å². The Bertz CT molecular complexity index is 738. The summed E-state index contributed by atoms with van der Waals surface area (Å²) in [6, 6.07) is 7.89. The van der Waals surface area contributed by atoms with Gasteiger partial charge >= 0.3 is 0 Å². The summed E-state index contributed by atoms with van der Waals surface area (Å²) in [5.74, 6) is 0.958. The van der Waals surface area contributed by atoms with Gasteiger partial charge in [-0.3, -0.25) is 9.79 Å². The van der Waals surface area contributed by atoms with Crippen LogP contribution in [-0.4, -0.2) is 33.1 Å². The number of aromatic amines is 1. The summed E-state index contributed by atoms with van der Waals surface area (Å²) < 4.78 is 0. The Balaban J connectivity index is 1.73. The number of nitrogens with one attached hydrogen (secondary N) is 1. The fourth-order valence-electron chi connectivity index (χ4n) is 2.83. The Morgan fingerprint density at radius 1 is 1.36 bits per heavy atom. The van der Waals surface area contributed by atoms with Crippen molar-refractivity contribution in [1.82, 2.24) is 9.97 Å². The Labute approximate surface area is 128 Å². The van der Waals surface area contributed by atoms with Crippen LogP contribution in [-0.2, 0) is 11.2 Å². The summed E-state index contributed by atoms with van der Waals surface area (Å²) in [7, 11) is 0. The number of hydrogen-bond acceptors (Lipinski definition) is 4. The molecule has 0 saturated carbocycles. The van der Waals surface area contributed by atoms with Crippen LogP contribution in [0.1, 0.15) is 32.0 Å². The first-order chi connectivity index (χ1) is 10.6. The number of carbonyl (C=O) groups excluding carboxylic acids is 1. The SMILES string of the molecule is CC(=O)C1=C(O)CCCC1=NCCc1nc2ccccc2[nH]1. The number of para-hydroxylation sites is 2. The molecule has 5 nitrogen and oxygen atoms in total. The number of aliphatic hydroxyl groups is 1. The average molecular weight is 297 g/mol. The fourth-order valence-corrected chi connectivity index (χ4v) is 2.83. The number of Topliss-reactive ketones (excluding diaryl/α,β-unsaturated/α-hetero) is 1. The molecule has 1 aliphatic carbocycles. The maximum absolute atomic E-state index is 11.7. The maximum Gasteiger partial charge on any atom is 0.164 e. The number of aliphatic hydroxyl groups excluding tert-OH is 1. The van der Waals surface area contributed by atoms with Crippen LogP contribution in [0.5, 0.6) is 0 Å². The second kappa shape index (κ2) is 6.13. The van der Waals surface area contributed by atoms with Crippen LogP contribution >= 0.6 is 0 Å². The molecule has 5 heteroatoms. The summed E-state index contributed by atoms with van der Waals surface area (Å²) in [5.41, 5.74) is 3.11. The van der Waals surface area contributed by atoms with Crippen molar-refractivity contribution in [3.8, 4) is 0 Å². The highest BCUT2D eigenvalue weighted by atomic mass is 16.3. The van der Waals surface area contributed by atoms with Crippen LogP contribution in [0.25, 0.3) is 11.0 Å². The average Bonchev–Trinajstić information content (AvgIpc) is 2.89. The summed E-state index contributed by atoms with van der Waals surface area (Å²) in [4.78, 5) is 24.0. The molecule has 0 unspecified atom stereocenters. The fraction of sp³-hybridized carbons (Fsp3) is 0.353. The molecular weight excluding hydrogens is 278 g/mol. The molecule has 0 spiro atoms. The maximum atomic E-state index is 11.7. The number of carbonyl (C=O) groups is 1. The van der Waals surface area contributed by atoms with Crippen molar-refractivity contribution in [2.75, 3.05) is 6.54 Å². The van der Waals surface area contributed by atoms with Crippen molar-refractivity contribution in [2.45, 2.75) is 32.6 Å². The van der Waals surface area contributed by atoms with E-state index in [0.29, 0.717) is 25.0 Å². The number of ketones is 1.